The van der Waals surface area contributed by atoms with E-state index in [0.29, 0.717) is 18.7 Å². The minimum atomic E-state index is -0.0871. The largest absolute Gasteiger partial charge is 0.374 e. The quantitative estimate of drug-likeness (QED) is 0.619. The zero-order chi connectivity index (χ0) is 20.8. The van der Waals surface area contributed by atoms with Crippen LogP contribution in [0.15, 0.2) is 54.6 Å². The van der Waals surface area contributed by atoms with Gasteiger partial charge in [-0.05, 0) is 51.0 Å². The van der Waals surface area contributed by atoms with E-state index in [4.69, 9.17) is 4.74 Å². The standard InChI is InChI=1S/C24H29N3O2/c1-17(2)29-16-21-10-12-22(13-11-21)24(28)25-14-23-18(3)26-27(19(23)4)15-20-8-6-5-7-9-20/h5-13,17H,14-16H2,1-4H3,(H,25,28). The number of carbonyl (C=O) groups excluding carboxylic acids is 1. The molecule has 5 nitrogen and oxygen atoms in total. The van der Waals surface area contributed by atoms with E-state index in [1.165, 1.54) is 5.56 Å². The summed E-state index contributed by atoms with van der Waals surface area (Å²) in [6, 6.07) is 17.8. The van der Waals surface area contributed by atoms with E-state index in [0.717, 1.165) is 29.1 Å². The van der Waals surface area contributed by atoms with Gasteiger partial charge in [0.25, 0.3) is 5.91 Å². The first kappa shape index (κ1) is 20.8. The van der Waals surface area contributed by atoms with Crippen molar-refractivity contribution in [2.24, 2.45) is 0 Å². The van der Waals surface area contributed by atoms with E-state index < -0.39 is 0 Å². The van der Waals surface area contributed by atoms with Crippen molar-refractivity contribution >= 4 is 5.91 Å². The van der Waals surface area contributed by atoms with Crippen LogP contribution in [0, 0.1) is 13.8 Å². The lowest BCUT2D eigenvalue weighted by Crippen LogP contribution is -2.23. The fraction of sp³-hybridized carbons (Fsp3) is 0.333. The highest BCUT2D eigenvalue weighted by molar-refractivity contribution is 5.94. The van der Waals surface area contributed by atoms with Crippen LogP contribution < -0.4 is 5.32 Å². The highest BCUT2D eigenvalue weighted by Crippen LogP contribution is 2.15. The van der Waals surface area contributed by atoms with Gasteiger partial charge in [-0.25, -0.2) is 0 Å². The second-order valence-electron chi connectivity index (χ2n) is 7.53. The van der Waals surface area contributed by atoms with Crippen molar-refractivity contribution < 1.29 is 9.53 Å². The number of aromatic nitrogens is 2. The Morgan fingerprint density at radius 3 is 2.38 bits per heavy atom. The van der Waals surface area contributed by atoms with Crippen LogP contribution >= 0.6 is 0 Å². The maximum Gasteiger partial charge on any atom is 0.251 e. The van der Waals surface area contributed by atoms with E-state index >= 15 is 0 Å². The van der Waals surface area contributed by atoms with E-state index in [2.05, 4.69) is 22.5 Å². The van der Waals surface area contributed by atoms with Crippen LogP contribution in [0.25, 0.3) is 0 Å². The molecule has 1 aromatic heterocycles. The molecule has 0 aliphatic rings. The molecular formula is C24H29N3O2. The average molecular weight is 392 g/mol. The fourth-order valence-corrected chi connectivity index (χ4v) is 3.19. The van der Waals surface area contributed by atoms with Crippen molar-refractivity contribution in [3.8, 4) is 0 Å². The highest BCUT2D eigenvalue weighted by Gasteiger charge is 2.13. The summed E-state index contributed by atoms with van der Waals surface area (Å²) in [7, 11) is 0. The minimum Gasteiger partial charge on any atom is -0.374 e. The van der Waals surface area contributed by atoms with Gasteiger partial charge in [0.2, 0.25) is 0 Å². The van der Waals surface area contributed by atoms with Crippen LogP contribution in [0.2, 0.25) is 0 Å². The third-order valence-electron chi connectivity index (χ3n) is 4.93. The van der Waals surface area contributed by atoms with Gasteiger partial charge in [-0.1, -0.05) is 42.5 Å². The topological polar surface area (TPSA) is 56.2 Å². The molecule has 5 heteroatoms. The SMILES string of the molecule is Cc1nn(Cc2ccccc2)c(C)c1CNC(=O)c1ccc(COC(C)C)cc1. The van der Waals surface area contributed by atoms with Crippen molar-refractivity contribution in [1.82, 2.24) is 15.1 Å². The van der Waals surface area contributed by atoms with Crippen LogP contribution in [0.4, 0.5) is 0 Å². The first-order chi connectivity index (χ1) is 13.9. The van der Waals surface area contributed by atoms with Gasteiger partial charge in [0.05, 0.1) is 24.9 Å². The molecule has 0 unspecified atom stereocenters. The number of amides is 1. The number of carbonyl (C=O) groups is 1. The third-order valence-corrected chi connectivity index (χ3v) is 4.93. The molecule has 0 bridgehead atoms. The number of nitrogens with zero attached hydrogens (tertiary/aromatic N) is 2. The monoisotopic (exact) mass is 391 g/mol. The van der Waals surface area contributed by atoms with Crippen molar-refractivity contribution in [2.45, 2.75) is 53.5 Å². The van der Waals surface area contributed by atoms with Crippen molar-refractivity contribution in [3.05, 3.63) is 88.2 Å². The Bertz CT molecular complexity index is 944. The normalized spacial score (nSPS) is 11.1. The molecule has 2 aromatic carbocycles. The minimum absolute atomic E-state index is 0.0871. The molecule has 0 saturated carbocycles. The lowest BCUT2D eigenvalue weighted by Gasteiger charge is -2.09. The molecule has 29 heavy (non-hydrogen) atoms. The van der Waals surface area contributed by atoms with E-state index in [1.807, 2.05) is 74.8 Å². The van der Waals surface area contributed by atoms with Gasteiger partial charge in [0, 0.05) is 23.4 Å². The first-order valence-corrected chi connectivity index (χ1v) is 9.99. The second kappa shape index (κ2) is 9.52. The van der Waals surface area contributed by atoms with Gasteiger partial charge in [0.15, 0.2) is 0 Å². The zero-order valence-electron chi connectivity index (χ0n) is 17.6. The molecular weight excluding hydrogens is 362 g/mol. The average Bonchev–Trinajstić information content (AvgIpc) is 2.98. The van der Waals surface area contributed by atoms with E-state index in [9.17, 15) is 4.79 Å². The van der Waals surface area contributed by atoms with Gasteiger partial charge in [0.1, 0.15) is 0 Å². The Labute approximate surface area is 172 Å². The molecule has 3 rings (SSSR count). The second-order valence-corrected chi connectivity index (χ2v) is 7.53. The number of ether oxygens (including phenoxy) is 1. The lowest BCUT2D eigenvalue weighted by atomic mass is 10.1. The van der Waals surface area contributed by atoms with Gasteiger partial charge >= 0.3 is 0 Å². The lowest BCUT2D eigenvalue weighted by molar-refractivity contribution is 0.0657. The number of nitrogens with one attached hydrogen (secondary N) is 1. The number of hydrogen-bond donors (Lipinski definition) is 1. The predicted molar refractivity (Wildman–Crippen MR) is 115 cm³/mol. The Hall–Kier alpha value is -2.92. The van der Waals surface area contributed by atoms with Gasteiger partial charge in [-0.3, -0.25) is 9.48 Å². The maximum atomic E-state index is 12.5. The fourth-order valence-electron chi connectivity index (χ4n) is 3.19. The Morgan fingerprint density at radius 2 is 1.72 bits per heavy atom. The Balaban J connectivity index is 1.61. The molecule has 0 radical (unpaired) electrons. The number of aryl methyl sites for hydroxylation is 1. The molecule has 1 amide bonds. The zero-order valence-corrected chi connectivity index (χ0v) is 17.6. The number of benzene rings is 2. The molecule has 0 aliphatic carbocycles. The Kier molecular flexibility index (Phi) is 6.83. The Morgan fingerprint density at radius 1 is 1.03 bits per heavy atom. The third kappa shape index (κ3) is 5.55. The summed E-state index contributed by atoms with van der Waals surface area (Å²) in [6.07, 6.45) is 0.187. The molecule has 0 fully saturated rings. The summed E-state index contributed by atoms with van der Waals surface area (Å²) in [5, 5.41) is 7.67. The summed E-state index contributed by atoms with van der Waals surface area (Å²) in [5.41, 5.74) is 5.99. The number of rotatable bonds is 8. The van der Waals surface area contributed by atoms with Crippen LogP contribution in [0.5, 0.6) is 0 Å². The maximum absolute atomic E-state index is 12.5. The van der Waals surface area contributed by atoms with Crippen LogP contribution in [0.1, 0.15) is 52.3 Å². The van der Waals surface area contributed by atoms with E-state index in [-0.39, 0.29) is 12.0 Å². The van der Waals surface area contributed by atoms with Crippen LogP contribution in [-0.2, 0) is 24.4 Å². The molecule has 0 atom stereocenters. The van der Waals surface area contributed by atoms with Gasteiger partial charge in [-0.2, -0.15) is 5.10 Å². The molecule has 0 aliphatic heterocycles. The van der Waals surface area contributed by atoms with Gasteiger partial charge in [-0.15, -0.1) is 0 Å². The predicted octanol–water partition coefficient (Wildman–Crippen LogP) is 4.40. The molecule has 152 valence electrons. The molecule has 0 spiro atoms. The summed E-state index contributed by atoms with van der Waals surface area (Å²) >= 11 is 0. The molecule has 1 heterocycles. The first-order valence-electron chi connectivity index (χ1n) is 9.99. The summed E-state index contributed by atoms with van der Waals surface area (Å²) in [4.78, 5) is 12.5. The summed E-state index contributed by atoms with van der Waals surface area (Å²) in [6.45, 7) is 9.79. The van der Waals surface area contributed by atoms with Crippen LogP contribution in [-0.4, -0.2) is 21.8 Å². The van der Waals surface area contributed by atoms with Crippen LogP contribution in [0.3, 0.4) is 0 Å². The summed E-state index contributed by atoms with van der Waals surface area (Å²) < 4.78 is 7.59. The smallest absolute Gasteiger partial charge is 0.251 e. The molecule has 1 N–H and O–H groups in total. The van der Waals surface area contributed by atoms with Crippen molar-refractivity contribution in [2.75, 3.05) is 0 Å². The molecule has 3 aromatic rings. The van der Waals surface area contributed by atoms with Gasteiger partial charge < -0.3 is 10.1 Å². The highest BCUT2D eigenvalue weighted by atomic mass is 16.5. The van der Waals surface area contributed by atoms with E-state index in [1.54, 1.807) is 0 Å². The van der Waals surface area contributed by atoms with Crippen molar-refractivity contribution in [1.29, 1.82) is 0 Å². The number of hydrogen-bond acceptors (Lipinski definition) is 3. The van der Waals surface area contributed by atoms with Crippen molar-refractivity contribution in [3.63, 3.8) is 0 Å². The summed E-state index contributed by atoms with van der Waals surface area (Å²) in [5.74, 6) is -0.0871. The molecule has 0 saturated heterocycles.